The van der Waals surface area contributed by atoms with E-state index >= 15 is 0 Å². The van der Waals surface area contributed by atoms with Gasteiger partial charge in [-0.05, 0) is 64.9 Å². The monoisotopic (exact) mass is 547 g/mol. The minimum absolute atomic E-state index is 0.120. The first-order chi connectivity index (χ1) is 14.8. The van der Waals surface area contributed by atoms with E-state index < -0.39 is 15.9 Å². The third kappa shape index (κ3) is 6.14. The fraction of sp³-hybridized carbons (Fsp3) is 0.130. The zero-order valence-electron chi connectivity index (χ0n) is 17.1. The maximum absolute atomic E-state index is 12.9. The molecule has 0 unspecified atom stereocenters. The fourth-order valence-corrected chi connectivity index (χ4v) is 4.43. The first kappa shape index (κ1) is 23.0. The number of para-hydroxylation sites is 1. The summed E-state index contributed by atoms with van der Waals surface area (Å²) in [6.45, 7) is 1.92. The number of halogens is 1. The Labute approximate surface area is 196 Å². The number of hydrogen-bond acceptors (Lipinski definition) is 4. The number of hydrazone groups is 1. The van der Waals surface area contributed by atoms with Crippen molar-refractivity contribution in [2.24, 2.45) is 5.10 Å². The standard InChI is InChI=1S/C23H22IN3O3S/c1-17(19-11-8-12-20(24)15-19)25-26-23(28)21-13-6-7-14-22(21)27(31(2,29)30)16-18-9-4-3-5-10-18/h3-15H,16H2,1-2H3,(H,26,28)/b25-17+. The molecule has 0 radical (unpaired) electrons. The van der Waals surface area contributed by atoms with Gasteiger partial charge in [0, 0.05) is 3.57 Å². The topological polar surface area (TPSA) is 78.8 Å². The van der Waals surface area contributed by atoms with E-state index in [1.807, 2.05) is 54.6 Å². The Bertz CT molecular complexity index is 1210. The van der Waals surface area contributed by atoms with Gasteiger partial charge in [-0.1, -0.05) is 54.6 Å². The number of rotatable bonds is 7. The summed E-state index contributed by atoms with van der Waals surface area (Å²) in [5.74, 6) is -0.484. The normalized spacial score (nSPS) is 11.8. The molecule has 6 nitrogen and oxygen atoms in total. The first-order valence-corrected chi connectivity index (χ1v) is 12.4. The first-order valence-electron chi connectivity index (χ1n) is 9.47. The number of carbonyl (C=O) groups is 1. The van der Waals surface area contributed by atoms with Crippen LogP contribution in [0.3, 0.4) is 0 Å². The zero-order valence-corrected chi connectivity index (χ0v) is 20.1. The molecule has 0 bridgehead atoms. The molecule has 3 aromatic carbocycles. The van der Waals surface area contributed by atoms with Crippen molar-refractivity contribution in [3.05, 3.63) is 99.1 Å². The smallest absolute Gasteiger partial charge is 0.267 e. The summed E-state index contributed by atoms with van der Waals surface area (Å²) in [6.07, 6.45) is 1.13. The predicted octanol–water partition coefficient (Wildman–Crippen LogP) is 4.41. The van der Waals surface area contributed by atoms with Crippen LogP contribution < -0.4 is 9.73 Å². The molecular weight excluding hydrogens is 525 g/mol. The second kappa shape index (κ2) is 10.1. The van der Waals surface area contributed by atoms with Crippen molar-refractivity contribution in [3.8, 4) is 0 Å². The minimum Gasteiger partial charge on any atom is -0.267 e. The van der Waals surface area contributed by atoms with E-state index in [-0.39, 0.29) is 12.1 Å². The van der Waals surface area contributed by atoms with E-state index in [1.54, 1.807) is 31.2 Å². The highest BCUT2D eigenvalue weighted by Crippen LogP contribution is 2.25. The molecule has 0 saturated heterocycles. The maximum atomic E-state index is 12.9. The summed E-state index contributed by atoms with van der Waals surface area (Å²) in [5, 5.41) is 4.20. The van der Waals surface area contributed by atoms with Crippen LogP contribution in [0.15, 0.2) is 84.0 Å². The molecule has 0 heterocycles. The van der Waals surface area contributed by atoms with E-state index in [0.29, 0.717) is 11.4 Å². The van der Waals surface area contributed by atoms with Crippen LogP contribution in [0.1, 0.15) is 28.4 Å². The van der Waals surface area contributed by atoms with Gasteiger partial charge in [-0.2, -0.15) is 5.10 Å². The Morgan fingerprint density at radius 3 is 2.35 bits per heavy atom. The van der Waals surface area contributed by atoms with Crippen molar-refractivity contribution in [2.75, 3.05) is 10.6 Å². The van der Waals surface area contributed by atoms with Crippen molar-refractivity contribution < 1.29 is 13.2 Å². The minimum atomic E-state index is -3.63. The third-order valence-corrected chi connectivity index (χ3v) is 6.35. The van der Waals surface area contributed by atoms with Gasteiger partial charge in [-0.25, -0.2) is 13.8 Å². The number of nitrogens with one attached hydrogen (secondary N) is 1. The quantitative estimate of drug-likeness (QED) is 0.271. The Kier molecular flexibility index (Phi) is 7.45. The summed E-state index contributed by atoms with van der Waals surface area (Å²) in [7, 11) is -3.63. The lowest BCUT2D eigenvalue weighted by Gasteiger charge is -2.24. The fourth-order valence-electron chi connectivity index (χ4n) is 2.99. The molecule has 0 aliphatic rings. The highest BCUT2D eigenvalue weighted by Gasteiger charge is 2.23. The highest BCUT2D eigenvalue weighted by molar-refractivity contribution is 14.1. The van der Waals surface area contributed by atoms with Gasteiger partial charge in [-0.3, -0.25) is 9.10 Å². The van der Waals surface area contributed by atoms with Crippen molar-refractivity contribution in [1.82, 2.24) is 5.43 Å². The van der Waals surface area contributed by atoms with Crippen LogP contribution in [0.4, 0.5) is 5.69 Å². The second-order valence-corrected chi connectivity index (χ2v) is 10.1. The van der Waals surface area contributed by atoms with E-state index in [4.69, 9.17) is 0 Å². The summed E-state index contributed by atoms with van der Waals surface area (Å²) in [5.41, 5.74) is 5.43. The third-order valence-electron chi connectivity index (χ3n) is 4.55. The number of benzene rings is 3. The Morgan fingerprint density at radius 2 is 1.68 bits per heavy atom. The average Bonchev–Trinajstić information content (AvgIpc) is 2.75. The average molecular weight is 547 g/mol. The Hall–Kier alpha value is -2.72. The molecule has 0 aromatic heterocycles. The molecule has 1 N–H and O–H groups in total. The van der Waals surface area contributed by atoms with E-state index in [0.717, 1.165) is 21.0 Å². The van der Waals surface area contributed by atoms with Crippen LogP contribution in [0.5, 0.6) is 0 Å². The van der Waals surface area contributed by atoms with Crippen LogP contribution >= 0.6 is 22.6 Å². The molecule has 0 aliphatic heterocycles. The van der Waals surface area contributed by atoms with E-state index in [9.17, 15) is 13.2 Å². The summed E-state index contributed by atoms with van der Waals surface area (Å²) in [6, 6.07) is 23.6. The number of nitrogens with zero attached hydrogens (tertiary/aromatic N) is 2. The van der Waals surface area contributed by atoms with E-state index in [1.165, 1.54) is 4.31 Å². The number of hydrogen-bond donors (Lipinski definition) is 1. The molecule has 0 aliphatic carbocycles. The van der Waals surface area contributed by atoms with Gasteiger partial charge >= 0.3 is 0 Å². The van der Waals surface area contributed by atoms with Crippen molar-refractivity contribution in [2.45, 2.75) is 13.5 Å². The molecule has 3 rings (SSSR count). The van der Waals surface area contributed by atoms with Gasteiger partial charge in [0.25, 0.3) is 5.91 Å². The molecule has 0 fully saturated rings. The number of sulfonamides is 1. The molecule has 0 atom stereocenters. The molecule has 160 valence electrons. The Balaban J connectivity index is 1.90. The van der Waals surface area contributed by atoms with E-state index in [2.05, 4.69) is 33.1 Å². The van der Waals surface area contributed by atoms with Crippen LogP contribution in [-0.4, -0.2) is 26.3 Å². The molecule has 8 heteroatoms. The maximum Gasteiger partial charge on any atom is 0.273 e. The SMILES string of the molecule is C/C(=N\NC(=O)c1ccccc1N(Cc1ccccc1)S(C)(=O)=O)c1cccc(I)c1. The van der Waals surface area contributed by atoms with Crippen molar-refractivity contribution in [1.29, 1.82) is 0 Å². The van der Waals surface area contributed by atoms with Crippen LogP contribution in [0.2, 0.25) is 0 Å². The number of anilines is 1. The highest BCUT2D eigenvalue weighted by atomic mass is 127. The number of amides is 1. The molecule has 3 aromatic rings. The van der Waals surface area contributed by atoms with Gasteiger partial charge in [0.05, 0.1) is 29.8 Å². The zero-order chi connectivity index (χ0) is 22.4. The Morgan fingerprint density at radius 1 is 1.00 bits per heavy atom. The van der Waals surface area contributed by atoms with Gasteiger partial charge < -0.3 is 0 Å². The summed E-state index contributed by atoms with van der Waals surface area (Å²) >= 11 is 2.21. The lowest BCUT2D eigenvalue weighted by Crippen LogP contribution is -2.32. The molecule has 0 spiro atoms. The van der Waals surface area contributed by atoms with Gasteiger partial charge in [0.2, 0.25) is 10.0 Å². The number of carbonyl (C=O) groups excluding carboxylic acids is 1. The molecule has 0 saturated carbocycles. The van der Waals surface area contributed by atoms with Crippen molar-refractivity contribution >= 4 is 49.9 Å². The summed E-state index contributed by atoms with van der Waals surface area (Å²) in [4.78, 5) is 12.9. The lowest BCUT2D eigenvalue weighted by atomic mass is 10.1. The van der Waals surface area contributed by atoms with Crippen molar-refractivity contribution in [3.63, 3.8) is 0 Å². The second-order valence-electron chi connectivity index (χ2n) is 6.92. The van der Waals surface area contributed by atoms with Crippen LogP contribution in [0, 0.1) is 3.57 Å². The lowest BCUT2D eigenvalue weighted by molar-refractivity contribution is 0.0955. The largest absolute Gasteiger partial charge is 0.273 e. The molecular formula is C23H22IN3O3S. The van der Waals surface area contributed by atoms with Gasteiger partial charge in [-0.15, -0.1) is 0 Å². The molecule has 31 heavy (non-hydrogen) atoms. The summed E-state index contributed by atoms with van der Waals surface area (Å²) < 4.78 is 27.4. The van der Waals surface area contributed by atoms with Crippen LogP contribution in [-0.2, 0) is 16.6 Å². The predicted molar refractivity (Wildman–Crippen MR) is 133 cm³/mol. The van der Waals surface area contributed by atoms with Gasteiger partial charge in [0.15, 0.2) is 0 Å². The molecule has 1 amide bonds. The van der Waals surface area contributed by atoms with Gasteiger partial charge in [0.1, 0.15) is 0 Å². The van der Waals surface area contributed by atoms with Crippen LogP contribution in [0.25, 0.3) is 0 Å².